The van der Waals surface area contributed by atoms with Gasteiger partial charge in [-0.05, 0) is 77.6 Å². The molecule has 0 aromatic rings. The molecule has 0 unspecified atom stereocenters. The quantitative estimate of drug-likeness (QED) is 0.385. The number of rotatable bonds is 10. The Morgan fingerprint density at radius 1 is 0.615 bits per heavy atom. The monoisotopic (exact) mass is 436 g/mol. The third kappa shape index (κ3) is 10.6. The van der Waals surface area contributed by atoms with Crippen molar-refractivity contribution >= 4 is 45.2 Å². The SMILES string of the molecule is C[Si](C)(C)O[Si](C)(C)CC(C(=O)O)=C(C[Si](C)(C)O[Si](C)(C)C)C(=O)O. The fraction of sp³-hybridized carbons (Fsp3) is 0.750. The number of hydrogen-bond donors (Lipinski definition) is 2. The van der Waals surface area contributed by atoms with Crippen molar-refractivity contribution in [3.63, 3.8) is 0 Å². The van der Waals surface area contributed by atoms with Crippen LogP contribution >= 0.6 is 0 Å². The first-order valence-electron chi connectivity index (χ1n) is 8.84. The minimum atomic E-state index is -2.35. The van der Waals surface area contributed by atoms with Crippen LogP contribution in [0.25, 0.3) is 0 Å². The maximum atomic E-state index is 11.9. The number of hydrogen-bond acceptors (Lipinski definition) is 4. The summed E-state index contributed by atoms with van der Waals surface area (Å²) in [4.78, 5) is 23.8. The second-order valence-electron chi connectivity index (χ2n) is 9.87. The van der Waals surface area contributed by atoms with Gasteiger partial charge in [0.1, 0.15) is 0 Å². The van der Waals surface area contributed by atoms with Crippen LogP contribution in [-0.4, -0.2) is 55.4 Å². The van der Waals surface area contributed by atoms with Crippen LogP contribution in [0, 0.1) is 0 Å². The minimum absolute atomic E-state index is 0.0211. The van der Waals surface area contributed by atoms with Crippen LogP contribution in [0.3, 0.4) is 0 Å². The zero-order valence-corrected chi connectivity index (χ0v) is 21.9. The normalized spacial score (nSPS) is 14.8. The van der Waals surface area contributed by atoms with Crippen LogP contribution in [-0.2, 0) is 17.8 Å². The van der Waals surface area contributed by atoms with Crippen LogP contribution in [0.5, 0.6) is 0 Å². The largest absolute Gasteiger partial charge is 0.478 e. The topological polar surface area (TPSA) is 93.1 Å². The number of carboxylic acid groups (broad SMARTS) is 2. The highest BCUT2D eigenvalue weighted by molar-refractivity contribution is 6.85. The molecule has 0 aromatic heterocycles. The predicted octanol–water partition coefficient (Wildman–Crippen LogP) is 4.57. The second kappa shape index (κ2) is 8.65. The molecule has 2 N–H and O–H groups in total. The Bertz CT molecular complexity index is 520. The highest BCUT2D eigenvalue weighted by Gasteiger charge is 2.38. The molecule has 0 atom stereocenters. The molecule has 0 aliphatic carbocycles. The van der Waals surface area contributed by atoms with Crippen LogP contribution in [0.1, 0.15) is 0 Å². The van der Waals surface area contributed by atoms with Gasteiger partial charge in [-0.2, -0.15) is 0 Å². The van der Waals surface area contributed by atoms with Crippen LogP contribution in [0.4, 0.5) is 0 Å². The van der Waals surface area contributed by atoms with Gasteiger partial charge in [-0.25, -0.2) is 9.59 Å². The van der Waals surface area contributed by atoms with E-state index in [4.69, 9.17) is 8.23 Å². The molecule has 6 nitrogen and oxygen atoms in total. The van der Waals surface area contributed by atoms with Gasteiger partial charge in [0.2, 0.25) is 0 Å². The zero-order valence-electron chi connectivity index (χ0n) is 17.9. The number of carboxylic acids is 2. The lowest BCUT2D eigenvalue weighted by molar-refractivity contribution is -0.135. The Morgan fingerprint density at radius 2 is 0.846 bits per heavy atom. The Labute approximate surface area is 162 Å². The van der Waals surface area contributed by atoms with Crippen molar-refractivity contribution in [3.8, 4) is 0 Å². The molecule has 0 saturated carbocycles. The fourth-order valence-corrected chi connectivity index (χ4v) is 19.5. The Balaban J connectivity index is 5.91. The molecule has 152 valence electrons. The fourth-order valence-electron chi connectivity index (χ4n) is 3.20. The van der Waals surface area contributed by atoms with E-state index in [0.717, 1.165) is 0 Å². The van der Waals surface area contributed by atoms with Crippen molar-refractivity contribution in [2.75, 3.05) is 0 Å². The summed E-state index contributed by atoms with van der Waals surface area (Å²) in [7, 11) is -8.40. The first-order valence-corrected chi connectivity index (χ1v) is 21.9. The van der Waals surface area contributed by atoms with E-state index in [1.165, 1.54) is 0 Å². The highest BCUT2D eigenvalue weighted by atomic mass is 28.4. The summed E-state index contributed by atoms with van der Waals surface area (Å²) in [5.41, 5.74) is -0.0423. The minimum Gasteiger partial charge on any atom is -0.478 e. The number of aliphatic carboxylic acids is 2. The predicted molar refractivity (Wildman–Crippen MR) is 116 cm³/mol. The lowest BCUT2D eigenvalue weighted by atomic mass is 10.1. The van der Waals surface area contributed by atoms with Crippen molar-refractivity contribution in [2.24, 2.45) is 0 Å². The van der Waals surface area contributed by atoms with E-state index in [1.807, 2.05) is 26.2 Å². The molecule has 0 aromatic carbocycles. The molecular weight excluding hydrogens is 401 g/mol. The number of carbonyl (C=O) groups is 2. The first-order chi connectivity index (χ1) is 11.2. The van der Waals surface area contributed by atoms with E-state index >= 15 is 0 Å². The summed E-state index contributed by atoms with van der Waals surface area (Å²) in [5, 5.41) is 19.4. The summed E-state index contributed by atoms with van der Waals surface area (Å²) >= 11 is 0. The van der Waals surface area contributed by atoms with Gasteiger partial charge in [0.25, 0.3) is 0 Å². The van der Waals surface area contributed by atoms with Gasteiger partial charge >= 0.3 is 11.9 Å². The average molecular weight is 437 g/mol. The van der Waals surface area contributed by atoms with Crippen LogP contribution < -0.4 is 0 Å². The van der Waals surface area contributed by atoms with Crippen molar-refractivity contribution in [2.45, 2.75) is 77.6 Å². The lowest BCUT2D eigenvalue weighted by Crippen LogP contribution is -2.44. The van der Waals surface area contributed by atoms with Gasteiger partial charge in [-0.3, -0.25) is 0 Å². The third-order valence-corrected chi connectivity index (χ3v) is 15.0. The lowest BCUT2D eigenvalue weighted by Gasteiger charge is -2.34. The Hall–Kier alpha value is -0.532. The highest BCUT2D eigenvalue weighted by Crippen LogP contribution is 2.30. The van der Waals surface area contributed by atoms with Gasteiger partial charge in [0, 0.05) is 11.1 Å². The Morgan fingerprint density at radius 3 is 1.00 bits per heavy atom. The molecule has 0 spiro atoms. The third-order valence-electron chi connectivity index (χ3n) is 3.25. The summed E-state index contributed by atoms with van der Waals surface area (Å²) in [6, 6.07) is 0.372. The molecule has 0 aliphatic rings. The van der Waals surface area contributed by atoms with Gasteiger partial charge < -0.3 is 18.4 Å². The van der Waals surface area contributed by atoms with E-state index < -0.39 is 45.2 Å². The van der Waals surface area contributed by atoms with Crippen LogP contribution in [0.2, 0.25) is 77.6 Å². The van der Waals surface area contributed by atoms with E-state index in [2.05, 4.69) is 39.3 Å². The molecule has 0 heterocycles. The molecule has 0 rings (SSSR count). The second-order valence-corrected chi connectivity index (χ2v) is 27.7. The molecule has 0 aliphatic heterocycles. The Kier molecular flexibility index (Phi) is 8.47. The molecule has 0 fully saturated rings. The van der Waals surface area contributed by atoms with Crippen molar-refractivity contribution in [1.29, 1.82) is 0 Å². The summed E-state index contributed by atoms with van der Waals surface area (Å²) in [6.45, 7) is 20.2. The van der Waals surface area contributed by atoms with Crippen LogP contribution in [0.15, 0.2) is 11.1 Å². The van der Waals surface area contributed by atoms with Crippen molar-refractivity contribution < 1.29 is 28.0 Å². The molecule has 0 radical (unpaired) electrons. The molecule has 10 heteroatoms. The maximum absolute atomic E-state index is 11.9. The van der Waals surface area contributed by atoms with Gasteiger partial charge in [-0.15, -0.1) is 0 Å². The first kappa shape index (κ1) is 25.5. The maximum Gasteiger partial charge on any atom is 0.331 e. The summed E-state index contributed by atoms with van der Waals surface area (Å²) in [5.74, 6) is -2.33. The van der Waals surface area contributed by atoms with Gasteiger partial charge in [0.05, 0.1) is 0 Å². The smallest absolute Gasteiger partial charge is 0.331 e. The van der Waals surface area contributed by atoms with E-state index in [1.54, 1.807) is 0 Å². The molecule has 0 saturated heterocycles. The molecular formula is C16H36O6Si4. The van der Waals surface area contributed by atoms with E-state index in [-0.39, 0.29) is 23.2 Å². The molecule has 26 heavy (non-hydrogen) atoms. The van der Waals surface area contributed by atoms with Crippen molar-refractivity contribution in [1.82, 2.24) is 0 Å². The summed E-state index contributed by atoms with van der Waals surface area (Å²) in [6.07, 6.45) is 0. The van der Waals surface area contributed by atoms with Gasteiger partial charge in [0.15, 0.2) is 33.3 Å². The summed E-state index contributed by atoms with van der Waals surface area (Å²) < 4.78 is 12.4. The van der Waals surface area contributed by atoms with Gasteiger partial charge in [-0.1, -0.05) is 0 Å². The average Bonchev–Trinajstić information content (AvgIpc) is 2.26. The van der Waals surface area contributed by atoms with E-state index in [9.17, 15) is 19.8 Å². The van der Waals surface area contributed by atoms with Crippen molar-refractivity contribution in [3.05, 3.63) is 11.1 Å². The molecule has 0 amide bonds. The zero-order chi connectivity index (χ0) is 21.1. The van der Waals surface area contributed by atoms with E-state index in [0.29, 0.717) is 0 Å². The molecule has 0 bridgehead atoms. The standard InChI is InChI=1S/C16H36O6Si4/c1-23(2,3)21-25(7,8)11-13(15(17)18)14(16(19)20)12-26(9,10)22-24(4,5)6/h11-12H2,1-10H3,(H,17,18)(H,19,20).